The van der Waals surface area contributed by atoms with E-state index >= 15 is 0 Å². The lowest BCUT2D eigenvalue weighted by Gasteiger charge is -2.17. The van der Waals surface area contributed by atoms with E-state index < -0.39 is 16.2 Å². The van der Waals surface area contributed by atoms with Gasteiger partial charge >= 0.3 is 16.2 Å². The van der Waals surface area contributed by atoms with Crippen LogP contribution in [0.3, 0.4) is 0 Å². The van der Waals surface area contributed by atoms with Crippen LogP contribution >= 0.6 is 23.2 Å². The van der Waals surface area contributed by atoms with Crippen molar-refractivity contribution in [1.29, 1.82) is 0 Å². The van der Waals surface area contributed by atoms with E-state index in [4.69, 9.17) is 27.9 Å². The number of ether oxygens (including phenoxy) is 1. The molecule has 0 aliphatic heterocycles. The number of Topliss-reactive ketones (excluding diaryl/α,β-unsaturated/α-hetero) is 1. The molecule has 3 N–H and O–H groups in total. The number of anilines is 1. The number of aromatic nitrogens is 2. The van der Waals surface area contributed by atoms with E-state index in [1.807, 2.05) is 0 Å². The third-order valence-electron chi connectivity index (χ3n) is 4.40. The molecule has 0 radical (unpaired) electrons. The molecule has 0 saturated heterocycles. The molecule has 0 unspecified atom stereocenters. The number of halogens is 2. The highest BCUT2D eigenvalue weighted by atomic mass is 35.5. The molecule has 1 fully saturated rings. The number of carbonyl (C=O) groups is 2. The highest BCUT2D eigenvalue weighted by Gasteiger charge is 2.35. The minimum absolute atomic E-state index is 0.0165. The molecule has 1 heterocycles. The Morgan fingerprint density at radius 2 is 1.90 bits per heavy atom. The molecular formula is C18H19Cl2N5O5S. The summed E-state index contributed by atoms with van der Waals surface area (Å²) in [4.78, 5) is 32.5. The van der Waals surface area contributed by atoms with Gasteiger partial charge in [-0.25, -0.2) is 14.5 Å². The topological polar surface area (TPSA) is 139 Å². The van der Waals surface area contributed by atoms with Crippen molar-refractivity contribution in [2.24, 2.45) is 5.92 Å². The molecular weight excluding hydrogens is 469 g/mol. The van der Waals surface area contributed by atoms with Crippen LogP contribution in [-0.4, -0.2) is 37.3 Å². The standard InChI is InChI=1S/C18H19Cl2N5O5S/c1-9-12(19)5-3-4-11(16(26)10-6-7-10)15(9)24-31(28,29)25-18(27)23-17-21-13(20)8-14(22-17)30-2/h4-5,8,10,24H,3,6-7H2,1-2H3,(H2,21,22,23,25,27). The third kappa shape index (κ3) is 5.96. The van der Waals surface area contributed by atoms with Crippen molar-refractivity contribution in [3.63, 3.8) is 0 Å². The summed E-state index contributed by atoms with van der Waals surface area (Å²) < 4.78 is 34.1. The maximum absolute atomic E-state index is 12.7. The fraction of sp³-hybridized carbons (Fsp3) is 0.333. The first kappa shape index (κ1) is 23.0. The van der Waals surface area contributed by atoms with Crippen molar-refractivity contribution in [2.45, 2.75) is 26.2 Å². The second kappa shape index (κ2) is 9.25. The highest BCUT2D eigenvalue weighted by Crippen LogP contribution is 2.36. The lowest BCUT2D eigenvalue weighted by atomic mass is 10.0. The van der Waals surface area contributed by atoms with Gasteiger partial charge in [0.1, 0.15) is 5.15 Å². The predicted molar refractivity (Wildman–Crippen MR) is 115 cm³/mol. The number of hydrogen-bond acceptors (Lipinski definition) is 7. The highest BCUT2D eigenvalue weighted by molar-refractivity contribution is 7.88. The average molecular weight is 488 g/mol. The normalized spacial score (nSPS) is 16.6. The van der Waals surface area contributed by atoms with E-state index in [2.05, 4.69) is 20.0 Å². The largest absolute Gasteiger partial charge is 0.481 e. The van der Waals surface area contributed by atoms with Gasteiger partial charge in [-0.1, -0.05) is 35.4 Å². The average Bonchev–Trinajstić information content (AvgIpc) is 3.53. The monoisotopic (exact) mass is 487 g/mol. The van der Waals surface area contributed by atoms with Crippen LogP contribution in [0.25, 0.3) is 0 Å². The second-order valence-corrected chi connectivity index (χ2v) is 8.97. The Balaban J connectivity index is 1.78. The summed E-state index contributed by atoms with van der Waals surface area (Å²) in [6.45, 7) is 1.59. The first-order chi connectivity index (χ1) is 14.6. The van der Waals surface area contributed by atoms with Crippen molar-refractivity contribution in [3.05, 3.63) is 45.2 Å². The van der Waals surface area contributed by atoms with Crippen LogP contribution in [0.4, 0.5) is 10.7 Å². The zero-order chi connectivity index (χ0) is 22.8. The number of nitrogens with one attached hydrogen (secondary N) is 3. The molecule has 1 aromatic heterocycles. The van der Waals surface area contributed by atoms with Gasteiger partial charge < -0.3 is 4.74 Å². The van der Waals surface area contributed by atoms with Gasteiger partial charge in [0.25, 0.3) is 0 Å². The Bertz CT molecular complexity index is 1130. The van der Waals surface area contributed by atoms with Crippen LogP contribution in [0, 0.1) is 5.92 Å². The molecule has 10 nitrogen and oxygen atoms in total. The number of nitrogens with zero attached hydrogens (tertiary/aromatic N) is 2. The predicted octanol–water partition coefficient (Wildman–Crippen LogP) is 2.80. The van der Waals surface area contributed by atoms with Gasteiger partial charge in [0.15, 0.2) is 5.78 Å². The lowest BCUT2D eigenvalue weighted by Crippen LogP contribution is -2.43. The third-order valence-corrected chi connectivity index (χ3v) is 5.96. The van der Waals surface area contributed by atoms with Crippen LogP contribution in [0.2, 0.25) is 5.15 Å². The number of urea groups is 1. The second-order valence-electron chi connectivity index (χ2n) is 6.76. The van der Waals surface area contributed by atoms with Crippen LogP contribution < -0.4 is 19.5 Å². The van der Waals surface area contributed by atoms with Crippen molar-refractivity contribution in [1.82, 2.24) is 19.4 Å². The molecule has 2 aliphatic rings. The van der Waals surface area contributed by atoms with E-state index in [0.29, 0.717) is 17.0 Å². The number of rotatable bonds is 7. The fourth-order valence-electron chi connectivity index (χ4n) is 2.74. The number of carbonyl (C=O) groups excluding carboxylic acids is 2. The quantitative estimate of drug-likeness (QED) is 0.502. The van der Waals surface area contributed by atoms with Gasteiger partial charge in [0, 0.05) is 22.6 Å². The van der Waals surface area contributed by atoms with Crippen molar-refractivity contribution in [2.75, 3.05) is 12.4 Å². The van der Waals surface area contributed by atoms with Gasteiger partial charge in [-0.05, 0) is 31.8 Å². The molecule has 13 heteroatoms. The minimum atomic E-state index is -4.44. The zero-order valence-corrected chi connectivity index (χ0v) is 18.9. The molecule has 0 bridgehead atoms. The first-order valence-corrected chi connectivity index (χ1v) is 11.4. The number of allylic oxidation sites excluding steroid dienone is 5. The molecule has 2 amide bonds. The molecule has 166 valence electrons. The van der Waals surface area contributed by atoms with Crippen LogP contribution in [0.15, 0.2) is 40.1 Å². The van der Waals surface area contributed by atoms with Crippen LogP contribution in [-0.2, 0) is 15.0 Å². The molecule has 1 aromatic rings. The molecule has 31 heavy (non-hydrogen) atoms. The summed E-state index contributed by atoms with van der Waals surface area (Å²) in [6.07, 6.45) is 5.16. The van der Waals surface area contributed by atoms with Crippen molar-refractivity contribution >= 4 is 51.2 Å². The van der Waals surface area contributed by atoms with Gasteiger partial charge in [-0.15, -0.1) is 0 Å². The van der Waals surface area contributed by atoms with E-state index in [1.165, 1.54) is 13.2 Å². The van der Waals surface area contributed by atoms with E-state index in [-0.39, 0.29) is 40.0 Å². The lowest BCUT2D eigenvalue weighted by molar-refractivity contribution is -0.116. The molecule has 0 spiro atoms. The Morgan fingerprint density at radius 3 is 2.55 bits per heavy atom. The molecule has 0 atom stereocenters. The first-order valence-electron chi connectivity index (χ1n) is 9.11. The maximum Gasteiger partial charge on any atom is 0.336 e. The zero-order valence-electron chi connectivity index (χ0n) is 16.5. The van der Waals surface area contributed by atoms with Crippen LogP contribution in [0.1, 0.15) is 26.2 Å². The van der Waals surface area contributed by atoms with Gasteiger partial charge in [0.05, 0.1) is 12.8 Å². The molecule has 3 rings (SSSR count). The van der Waals surface area contributed by atoms with E-state index in [1.54, 1.807) is 23.8 Å². The van der Waals surface area contributed by atoms with E-state index in [9.17, 15) is 18.0 Å². The van der Waals surface area contributed by atoms with Crippen molar-refractivity contribution in [3.8, 4) is 5.88 Å². The molecule has 0 aromatic carbocycles. The van der Waals surface area contributed by atoms with Crippen LogP contribution in [0.5, 0.6) is 5.88 Å². The Morgan fingerprint density at radius 1 is 1.19 bits per heavy atom. The number of hydrogen-bond donors (Lipinski definition) is 3. The maximum atomic E-state index is 12.7. The molecule has 1 saturated carbocycles. The Hall–Kier alpha value is -2.63. The minimum Gasteiger partial charge on any atom is -0.481 e. The summed E-state index contributed by atoms with van der Waals surface area (Å²) in [5.41, 5.74) is 0.616. The van der Waals surface area contributed by atoms with Gasteiger partial charge in [0.2, 0.25) is 11.8 Å². The number of ketones is 1. The summed E-state index contributed by atoms with van der Waals surface area (Å²) >= 11 is 12.0. The fourth-order valence-corrected chi connectivity index (χ4v) is 3.98. The summed E-state index contributed by atoms with van der Waals surface area (Å²) in [6, 6.07) is 0.163. The van der Waals surface area contributed by atoms with Gasteiger partial charge in [-0.2, -0.15) is 13.4 Å². The summed E-state index contributed by atoms with van der Waals surface area (Å²) in [7, 11) is -3.10. The summed E-state index contributed by atoms with van der Waals surface area (Å²) in [5, 5.41) is 2.44. The number of methoxy groups -OCH3 is 1. The number of amides is 2. The smallest absolute Gasteiger partial charge is 0.336 e. The van der Waals surface area contributed by atoms with Crippen molar-refractivity contribution < 1.29 is 22.7 Å². The summed E-state index contributed by atoms with van der Waals surface area (Å²) in [5.74, 6) is -0.495. The Kier molecular flexibility index (Phi) is 6.87. The molecule has 2 aliphatic carbocycles. The van der Waals surface area contributed by atoms with E-state index in [0.717, 1.165) is 12.8 Å². The SMILES string of the molecule is COc1cc(Cl)nc(NC(=O)NS(=O)(=O)NC2=C(C)C(Cl)=CCC=C2C(=O)C2CC2)n1. The van der Waals surface area contributed by atoms with Gasteiger partial charge in [-0.3, -0.25) is 14.8 Å². The Labute approximate surface area is 188 Å².